The number of aliphatic hydroxyl groups is 1. The van der Waals surface area contributed by atoms with Crippen LogP contribution in [0.4, 0.5) is 0 Å². The van der Waals surface area contributed by atoms with Gasteiger partial charge in [0, 0.05) is 23.9 Å². The number of Topliss-reactive ketones (excluding diaryl/α,β-unsaturated/α-hetero) is 1. The van der Waals surface area contributed by atoms with Crippen molar-refractivity contribution in [2.45, 2.75) is 77.9 Å². The molecule has 1 N–H and O–H groups in total. The second-order valence-corrected chi connectivity index (χ2v) is 9.72. The molecule has 0 amide bonds. The zero-order chi connectivity index (χ0) is 18.0. The minimum Gasteiger partial charge on any atom is -0.392 e. The van der Waals surface area contributed by atoms with Gasteiger partial charge in [-0.3, -0.25) is 4.79 Å². The van der Waals surface area contributed by atoms with Crippen molar-refractivity contribution in [3.63, 3.8) is 0 Å². The summed E-state index contributed by atoms with van der Waals surface area (Å²) in [5.41, 5.74) is -0.378. The van der Waals surface area contributed by atoms with Crippen molar-refractivity contribution < 1.29 is 14.6 Å². The van der Waals surface area contributed by atoms with E-state index in [0.29, 0.717) is 24.0 Å². The molecule has 4 saturated carbocycles. The fourth-order valence-electron chi connectivity index (χ4n) is 7.46. The molecule has 0 heterocycles. The molecule has 2 unspecified atom stereocenters. The summed E-state index contributed by atoms with van der Waals surface area (Å²) in [5, 5.41) is 11.4. The molecular weight excluding hydrogens is 312 g/mol. The SMILES string of the molecule is C/C=C/C[C@]1(C)C[C@@H](O)[C@]23C[C@@H]2CCC2(CC[C@@H](OC)C23)[C@@H](C)C1=O. The van der Waals surface area contributed by atoms with Crippen molar-refractivity contribution >= 4 is 5.78 Å². The number of hydrogen-bond donors (Lipinski definition) is 1. The molecule has 0 aromatic carbocycles. The molecule has 3 nitrogen and oxygen atoms in total. The van der Waals surface area contributed by atoms with Crippen LogP contribution in [-0.4, -0.2) is 30.2 Å². The van der Waals surface area contributed by atoms with Crippen molar-refractivity contribution in [2.24, 2.45) is 34.0 Å². The molecular formula is C22H34O3. The van der Waals surface area contributed by atoms with Gasteiger partial charge in [0.1, 0.15) is 5.78 Å². The minimum atomic E-state index is -0.439. The third-order valence-electron chi connectivity index (χ3n) is 8.84. The molecule has 4 aliphatic carbocycles. The summed E-state index contributed by atoms with van der Waals surface area (Å²) < 4.78 is 5.92. The number of allylic oxidation sites excluding steroid dienone is 2. The second-order valence-electron chi connectivity index (χ2n) is 9.72. The van der Waals surface area contributed by atoms with Crippen LogP contribution in [0.3, 0.4) is 0 Å². The van der Waals surface area contributed by atoms with Crippen LogP contribution in [0.2, 0.25) is 0 Å². The molecule has 4 rings (SSSR count). The van der Waals surface area contributed by atoms with Crippen molar-refractivity contribution in [1.29, 1.82) is 0 Å². The summed E-state index contributed by atoms with van der Waals surface area (Å²) in [7, 11) is 1.82. The Morgan fingerprint density at radius 2 is 2.00 bits per heavy atom. The highest BCUT2D eigenvalue weighted by Crippen LogP contribution is 2.77. The van der Waals surface area contributed by atoms with Crippen LogP contribution in [0.1, 0.15) is 65.7 Å². The van der Waals surface area contributed by atoms with Gasteiger partial charge in [0.2, 0.25) is 0 Å². The van der Waals surface area contributed by atoms with Crippen molar-refractivity contribution in [1.82, 2.24) is 0 Å². The van der Waals surface area contributed by atoms with E-state index in [-0.39, 0.29) is 29.0 Å². The molecule has 140 valence electrons. The quantitative estimate of drug-likeness (QED) is 0.781. The highest BCUT2D eigenvalue weighted by Gasteiger charge is 2.75. The topological polar surface area (TPSA) is 46.5 Å². The third kappa shape index (κ3) is 2.15. The van der Waals surface area contributed by atoms with E-state index >= 15 is 0 Å². The number of ether oxygens (including phenoxy) is 1. The first-order valence-corrected chi connectivity index (χ1v) is 10.2. The molecule has 4 fully saturated rings. The Balaban J connectivity index is 1.81. The molecule has 1 spiro atoms. The van der Waals surface area contributed by atoms with Crippen LogP contribution in [-0.2, 0) is 9.53 Å². The number of rotatable bonds is 3. The fraction of sp³-hybridized carbons (Fsp3) is 0.864. The monoisotopic (exact) mass is 346 g/mol. The number of aliphatic hydroxyl groups excluding tert-OH is 1. The number of hydrogen-bond acceptors (Lipinski definition) is 3. The number of methoxy groups -OCH3 is 1. The molecule has 2 bridgehead atoms. The van der Waals surface area contributed by atoms with Crippen LogP contribution in [0.25, 0.3) is 0 Å². The molecule has 4 aliphatic rings. The lowest BCUT2D eigenvalue weighted by Gasteiger charge is -2.54. The zero-order valence-corrected chi connectivity index (χ0v) is 16.3. The maximum Gasteiger partial charge on any atom is 0.142 e. The Morgan fingerprint density at radius 3 is 2.68 bits per heavy atom. The van der Waals surface area contributed by atoms with Crippen LogP contribution >= 0.6 is 0 Å². The Hall–Kier alpha value is -0.670. The summed E-state index contributed by atoms with van der Waals surface area (Å²) in [6.45, 7) is 6.30. The lowest BCUT2D eigenvalue weighted by Crippen LogP contribution is -2.56. The maximum absolute atomic E-state index is 13.6. The van der Waals surface area contributed by atoms with Crippen molar-refractivity contribution in [2.75, 3.05) is 7.11 Å². The third-order valence-corrected chi connectivity index (χ3v) is 8.84. The maximum atomic E-state index is 13.6. The Bertz CT molecular complexity index is 598. The van der Waals surface area contributed by atoms with Crippen LogP contribution in [0, 0.1) is 34.0 Å². The Kier molecular flexibility index (Phi) is 4.01. The second kappa shape index (κ2) is 5.66. The van der Waals surface area contributed by atoms with Gasteiger partial charge in [-0.1, -0.05) is 26.0 Å². The van der Waals surface area contributed by atoms with Gasteiger partial charge in [-0.25, -0.2) is 0 Å². The molecule has 0 aliphatic heterocycles. The van der Waals surface area contributed by atoms with E-state index in [4.69, 9.17) is 4.74 Å². The van der Waals surface area contributed by atoms with Crippen LogP contribution < -0.4 is 0 Å². The van der Waals surface area contributed by atoms with Gasteiger partial charge >= 0.3 is 0 Å². The summed E-state index contributed by atoms with van der Waals surface area (Å²) in [4.78, 5) is 13.6. The first-order chi connectivity index (χ1) is 11.9. The van der Waals surface area contributed by atoms with Gasteiger partial charge in [0.25, 0.3) is 0 Å². The zero-order valence-electron chi connectivity index (χ0n) is 16.3. The van der Waals surface area contributed by atoms with Gasteiger partial charge in [-0.2, -0.15) is 0 Å². The predicted octanol–water partition coefficient (Wildman–Crippen LogP) is 4.14. The highest BCUT2D eigenvalue weighted by atomic mass is 16.5. The average Bonchev–Trinajstić information content (AvgIpc) is 3.24. The van der Waals surface area contributed by atoms with Crippen molar-refractivity contribution in [3.05, 3.63) is 12.2 Å². The number of ketones is 1. The van der Waals surface area contributed by atoms with E-state index in [1.54, 1.807) is 0 Å². The molecule has 0 aromatic rings. The highest BCUT2D eigenvalue weighted by molar-refractivity contribution is 5.87. The smallest absolute Gasteiger partial charge is 0.142 e. The Morgan fingerprint density at radius 1 is 1.28 bits per heavy atom. The predicted molar refractivity (Wildman–Crippen MR) is 98.1 cm³/mol. The fourth-order valence-corrected chi connectivity index (χ4v) is 7.46. The average molecular weight is 347 g/mol. The molecule has 0 radical (unpaired) electrons. The summed E-state index contributed by atoms with van der Waals surface area (Å²) in [6, 6.07) is 0. The van der Waals surface area contributed by atoms with Crippen LogP contribution in [0.15, 0.2) is 12.2 Å². The van der Waals surface area contributed by atoms with Gasteiger partial charge < -0.3 is 9.84 Å². The summed E-state index contributed by atoms with van der Waals surface area (Å²) >= 11 is 0. The lowest BCUT2D eigenvalue weighted by molar-refractivity contribution is -0.159. The Labute approximate surface area is 152 Å². The number of carbonyl (C=O) groups is 1. The molecule has 0 aromatic heterocycles. The minimum absolute atomic E-state index is 0.0155. The molecule has 8 atom stereocenters. The van der Waals surface area contributed by atoms with Crippen molar-refractivity contribution in [3.8, 4) is 0 Å². The first-order valence-electron chi connectivity index (χ1n) is 10.2. The van der Waals surface area contributed by atoms with E-state index < -0.39 is 5.41 Å². The van der Waals surface area contributed by atoms with E-state index in [0.717, 1.165) is 32.1 Å². The molecule has 0 saturated heterocycles. The largest absolute Gasteiger partial charge is 0.392 e. The van der Waals surface area contributed by atoms with E-state index in [9.17, 15) is 9.90 Å². The van der Waals surface area contributed by atoms with Crippen LogP contribution in [0.5, 0.6) is 0 Å². The standard InChI is InChI=1S/C22H34O3/c1-5-6-9-20(3)13-17(23)22-12-15(22)7-10-21(14(2)19(20)24)11-8-16(25-4)18(21)22/h5-6,14-18,23H,7-13H2,1-4H3/b6-5+/t14-,15-,16+,17+,18?,20+,21?,22-/m0/s1. The number of carbonyl (C=O) groups excluding carboxylic acids is 1. The molecule has 25 heavy (non-hydrogen) atoms. The van der Waals surface area contributed by atoms with E-state index in [2.05, 4.69) is 19.9 Å². The normalized spacial score (nSPS) is 54.8. The summed E-state index contributed by atoms with van der Waals surface area (Å²) in [5.74, 6) is 1.45. The summed E-state index contributed by atoms with van der Waals surface area (Å²) in [6.07, 6.45) is 11.0. The van der Waals surface area contributed by atoms with E-state index in [1.807, 2.05) is 20.1 Å². The van der Waals surface area contributed by atoms with Gasteiger partial charge in [0.15, 0.2) is 0 Å². The van der Waals surface area contributed by atoms with Gasteiger partial charge in [0.05, 0.1) is 12.2 Å². The lowest BCUT2D eigenvalue weighted by atomic mass is 9.50. The first kappa shape index (κ1) is 17.7. The van der Waals surface area contributed by atoms with Gasteiger partial charge in [-0.15, -0.1) is 0 Å². The molecule has 3 heteroatoms. The van der Waals surface area contributed by atoms with E-state index in [1.165, 1.54) is 6.42 Å². The van der Waals surface area contributed by atoms with Gasteiger partial charge in [-0.05, 0) is 69.1 Å².